The monoisotopic (exact) mass is 452 g/mol. The summed E-state index contributed by atoms with van der Waals surface area (Å²) in [6.07, 6.45) is 7.24. The van der Waals surface area contributed by atoms with Gasteiger partial charge in [-0.15, -0.1) is 0 Å². The minimum Gasteiger partial charge on any atom is -0.471 e. The lowest BCUT2D eigenvalue weighted by Gasteiger charge is -2.49. The minimum absolute atomic E-state index is 0.125. The fourth-order valence-electron chi connectivity index (χ4n) is 4.76. The number of benzene rings is 1. The number of amides is 1. The van der Waals surface area contributed by atoms with E-state index in [9.17, 15) is 9.18 Å². The number of ether oxygens (including phenoxy) is 1. The number of hydrogen-bond donors (Lipinski definition) is 0. The van der Waals surface area contributed by atoms with Crippen molar-refractivity contribution in [1.82, 2.24) is 19.9 Å². The fraction of sp³-hybridized carbons (Fsp3) is 0.333. The second-order valence-corrected chi connectivity index (χ2v) is 8.80. The van der Waals surface area contributed by atoms with E-state index in [2.05, 4.69) is 15.0 Å². The standard InChI is InChI=1S/C24H22ClFN4O2/c1-14-10-17(25)23(29-12-14)32-20-11-15-6-7-19(20)30(13-15)24(31)16-4-2-5-18(26)21(16)22-27-8-3-9-28-22/h2-5,8-10,12,15,19-20H,6-7,11,13H2,1H3. The summed E-state index contributed by atoms with van der Waals surface area (Å²) in [6, 6.07) is 7.82. The molecule has 1 aliphatic carbocycles. The summed E-state index contributed by atoms with van der Waals surface area (Å²) in [7, 11) is 0. The van der Waals surface area contributed by atoms with Crippen LogP contribution < -0.4 is 4.74 Å². The lowest BCUT2D eigenvalue weighted by atomic mass is 9.77. The van der Waals surface area contributed by atoms with Crippen LogP contribution in [0.15, 0.2) is 48.9 Å². The molecule has 2 saturated heterocycles. The number of carbonyl (C=O) groups is 1. The second kappa shape index (κ2) is 8.47. The average molecular weight is 453 g/mol. The van der Waals surface area contributed by atoms with Gasteiger partial charge in [0, 0.05) is 25.1 Å². The molecule has 8 heteroatoms. The van der Waals surface area contributed by atoms with Crippen molar-refractivity contribution in [1.29, 1.82) is 0 Å². The normalized spacial score (nSPS) is 22.1. The molecule has 0 spiro atoms. The number of halogens is 2. The molecule has 4 heterocycles. The number of pyridine rings is 1. The molecule has 3 aliphatic rings. The molecule has 6 nitrogen and oxygen atoms in total. The first-order valence-corrected chi connectivity index (χ1v) is 11.0. The largest absolute Gasteiger partial charge is 0.471 e. The van der Waals surface area contributed by atoms with Gasteiger partial charge in [0.05, 0.1) is 17.2 Å². The minimum atomic E-state index is -0.521. The fourth-order valence-corrected chi connectivity index (χ4v) is 5.02. The SMILES string of the molecule is Cc1cnc(OC2CC3CCC2N(C(=O)c2cccc(F)c2-c2ncccn2)C3)c(Cl)c1. The summed E-state index contributed by atoms with van der Waals surface area (Å²) >= 11 is 6.33. The lowest BCUT2D eigenvalue weighted by molar-refractivity contribution is -0.0313. The molecule has 2 aliphatic heterocycles. The van der Waals surface area contributed by atoms with Crippen LogP contribution in [0.4, 0.5) is 4.39 Å². The topological polar surface area (TPSA) is 68.2 Å². The Morgan fingerprint density at radius 1 is 1.19 bits per heavy atom. The first-order chi connectivity index (χ1) is 15.5. The smallest absolute Gasteiger partial charge is 0.255 e. The highest BCUT2D eigenvalue weighted by Gasteiger charge is 2.45. The van der Waals surface area contributed by atoms with Crippen molar-refractivity contribution in [3.63, 3.8) is 0 Å². The van der Waals surface area contributed by atoms with Gasteiger partial charge in [-0.05, 0) is 61.9 Å². The van der Waals surface area contributed by atoms with Crippen molar-refractivity contribution in [3.05, 3.63) is 70.9 Å². The summed E-state index contributed by atoms with van der Waals surface area (Å²) in [5, 5.41) is 0.456. The Bertz CT molecular complexity index is 1160. The highest BCUT2D eigenvalue weighted by atomic mass is 35.5. The maximum atomic E-state index is 14.8. The third-order valence-corrected chi connectivity index (χ3v) is 6.49. The van der Waals surface area contributed by atoms with Crippen LogP contribution >= 0.6 is 11.6 Å². The van der Waals surface area contributed by atoms with Crippen molar-refractivity contribution in [3.8, 4) is 17.3 Å². The zero-order valence-electron chi connectivity index (χ0n) is 17.5. The molecule has 164 valence electrons. The van der Waals surface area contributed by atoms with E-state index in [-0.39, 0.29) is 35.0 Å². The average Bonchev–Trinajstić information content (AvgIpc) is 2.81. The zero-order valence-corrected chi connectivity index (χ0v) is 18.3. The van der Waals surface area contributed by atoms with Crippen molar-refractivity contribution in [2.45, 2.75) is 38.3 Å². The van der Waals surface area contributed by atoms with E-state index in [1.807, 2.05) is 17.9 Å². The first kappa shape index (κ1) is 20.8. The molecule has 2 bridgehead atoms. The number of aryl methyl sites for hydroxylation is 1. The van der Waals surface area contributed by atoms with Crippen LogP contribution in [0.25, 0.3) is 11.4 Å². The van der Waals surface area contributed by atoms with Gasteiger partial charge in [-0.3, -0.25) is 4.79 Å². The van der Waals surface area contributed by atoms with Crippen molar-refractivity contribution >= 4 is 17.5 Å². The molecule has 3 aromatic rings. The summed E-state index contributed by atoms with van der Waals surface area (Å²) in [4.78, 5) is 28.1. The maximum Gasteiger partial charge on any atom is 0.255 e. The number of fused-ring (bicyclic) bond motifs is 3. The zero-order chi connectivity index (χ0) is 22.2. The molecule has 3 atom stereocenters. The van der Waals surface area contributed by atoms with E-state index in [0.717, 1.165) is 24.8 Å². The maximum absolute atomic E-state index is 14.8. The Morgan fingerprint density at radius 3 is 2.75 bits per heavy atom. The predicted molar refractivity (Wildman–Crippen MR) is 118 cm³/mol. The van der Waals surface area contributed by atoms with E-state index in [0.29, 0.717) is 23.4 Å². The van der Waals surface area contributed by atoms with Crippen LogP contribution in [-0.2, 0) is 0 Å². The molecule has 1 saturated carbocycles. The highest BCUT2D eigenvalue weighted by Crippen LogP contribution is 2.39. The quantitative estimate of drug-likeness (QED) is 0.573. The number of carbonyl (C=O) groups excluding carboxylic acids is 1. The lowest BCUT2D eigenvalue weighted by Crippen LogP contribution is -2.59. The number of nitrogens with zero attached hydrogens (tertiary/aromatic N) is 4. The Balaban J connectivity index is 1.45. The summed E-state index contributed by atoms with van der Waals surface area (Å²) < 4.78 is 21.0. The summed E-state index contributed by atoms with van der Waals surface area (Å²) in [5.74, 6) is 0.125. The van der Waals surface area contributed by atoms with Gasteiger partial charge in [-0.2, -0.15) is 0 Å². The molecular weight excluding hydrogens is 431 g/mol. The van der Waals surface area contributed by atoms with E-state index >= 15 is 0 Å². The molecule has 3 unspecified atom stereocenters. The molecule has 2 aromatic heterocycles. The Labute approximate surface area is 190 Å². The van der Waals surface area contributed by atoms with Gasteiger partial charge in [0.25, 0.3) is 5.91 Å². The van der Waals surface area contributed by atoms with Crippen molar-refractivity contribution in [2.75, 3.05) is 6.54 Å². The number of piperidine rings is 2. The molecule has 0 radical (unpaired) electrons. The van der Waals surface area contributed by atoms with E-state index in [4.69, 9.17) is 16.3 Å². The van der Waals surface area contributed by atoms with Crippen LogP contribution in [-0.4, -0.2) is 44.4 Å². The van der Waals surface area contributed by atoms with Gasteiger partial charge < -0.3 is 9.64 Å². The van der Waals surface area contributed by atoms with Crippen LogP contribution in [0.2, 0.25) is 5.02 Å². The Morgan fingerprint density at radius 2 is 2.00 bits per heavy atom. The van der Waals surface area contributed by atoms with Gasteiger partial charge in [0.1, 0.15) is 16.9 Å². The molecule has 0 N–H and O–H groups in total. The summed E-state index contributed by atoms with van der Waals surface area (Å²) in [5.41, 5.74) is 1.33. The molecular formula is C24H22ClFN4O2. The Hall–Kier alpha value is -3.06. The van der Waals surface area contributed by atoms with Gasteiger partial charge in [0.15, 0.2) is 5.82 Å². The number of aromatic nitrogens is 3. The van der Waals surface area contributed by atoms with Crippen LogP contribution in [0.5, 0.6) is 5.88 Å². The van der Waals surface area contributed by atoms with Gasteiger partial charge in [-0.25, -0.2) is 19.3 Å². The van der Waals surface area contributed by atoms with E-state index < -0.39 is 5.82 Å². The molecule has 32 heavy (non-hydrogen) atoms. The third-order valence-electron chi connectivity index (χ3n) is 6.22. The molecule has 6 rings (SSSR count). The predicted octanol–water partition coefficient (Wildman–Crippen LogP) is 4.71. The van der Waals surface area contributed by atoms with Crippen LogP contribution in [0.1, 0.15) is 35.2 Å². The molecule has 1 amide bonds. The second-order valence-electron chi connectivity index (χ2n) is 8.39. The highest BCUT2D eigenvalue weighted by molar-refractivity contribution is 6.31. The first-order valence-electron chi connectivity index (χ1n) is 10.7. The van der Waals surface area contributed by atoms with Gasteiger partial charge in [-0.1, -0.05) is 17.7 Å². The van der Waals surface area contributed by atoms with E-state index in [1.54, 1.807) is 24.4 Å². The van der Waals surface area contributed by atoms with Crippen LogP contribution in [0, 0.1) is 18.7 Å². The summed E-state index contributed by atoms with van der Waals surface area (Å²) in [6.45, 7) is 2.53. The Kier molecular flexibility index (Phi) is 5.51. The third kappa shape index (κ3) is 3.81. The number of rotatable bonds is 4. The molecule has 3 fully saturated rings. The van der Waals surface area contributed by atoms with Crippen molar-refractivity contribution in [2.24, 2.45) is 5.92 Å². The van der Waals surface area contributed by atoms with E-state index in [1.165, 1.54) is 18.5 Å². The van der Waals surface area contributed by atoms with Gasteiger partial charge in [0.2, 0.25) is 5.88 Å². The molecule has 1 aromatic carbocycles. The van der Waals surface area contributed by atoms with Crippen LogP contribution in [0.3, 0.4) is 0 Å². The van der Waals surface area contributed by atoms with Crippen molar-refractivity contribution < 1.29 is 13.9 Å². The number of hydrogen-bond acceptors (Lipinski definition) is 5. The van der Waals surface area contributed by atoms with Gasteiger partial charge >= 0.3 is 0 Å².